The maximum absolute atomic E-state index is 13.8. The van der Waals surface area contributed by atoms with Crippen LogP contribution in [0.2, 0.25) is 0 Å². The van der Waals surface area contributed by atoms with Crippen molar-refractivity contribution < 1.29 is 18.3 Å². The standard InChI is InChI=1S/C16H14BrF2N5O2/c1-8(25)21-13-6-11-10(7-20-13)15(17)23-24(11)14-5-9(26-3)4-12(22-14)16(2,18)19/h4-7H,1-3H3,(H,20,21,25). The van der Waals surface area contributed by atoms with Crippen LogP contribution >= 0.6 is 15.9 Å². The third-order valence-electron chi connectivity index (χ3n) is 3.51. The molecule has 0 fully saturated rings. The summed E-state index contributed by atoms with van der Waals surface area (Å²) in [4.78, 5) is 19.4. The van der Waals surface area contributed by atoms with E-state index in [9.17, 15) is 13.6 Å². The number of nitrogens with one attached hydrogen (secondary N) is 1. The van der Waals surface area contributed by atoms with E-state index in [0.717, 1.165) is 6.92 Å². The molecule has 3 heterocycles. The van der Waals surface area contributed by atoms with Gasteiger partial charge in [-0.15, -0.1) is 0 Å². The van der Waals surface area contributed by atoms with Crippen molar-refractivity contribution in [2.45, 2.75) is 19.8 Å². The summed E-state index contributed by atoms with van der Waals surface area (Å²) >= 11 is 3.32. The van der Waals surface area contributed by atoms with Gasteiger partial charge in [-0.3, -0.25) is 4.79 Å². The van der Waals surface area contributed by atoms with Gasteiger partial charge in [0, 0.05) is 38.2 Å². The molecule has 3 rings (SSSR count). The average Bonchev–Trinajstić information content (AvgIpc) is 2.89. The molecule has 136 valence electrons. The number of aromatic nitrogens is 4. The molecule has 0 saturated carbocycles. The van der Waals surface area contributed by atoms with E-state index in [1.807, 2.05) is 0 Å². The molecule has 7 nitrogen and oxygen atoms in total. The number of anilines is 1. The van der Waals surface area contributed by atoms with Crippen molar-refractivity contribution in [2.24, 2.45) is 0 Å². The zero-order chi connectivity index (χ0) is 19.1. The molecule has 0 aliphatic carbocycles. The lowest BCUT2D eigenvalue weighted by molar-refractivity contribution is -0.114. The smallest absolute Gasteiger partial charge is 0.287 e. The number of halogens is 3. The summed E-state index contributed by atoms with van der Waals surface area (Å²) in [5.41, 5.74) is 0.0875. The first-order valence-corrected chi connectivity index (χ1v) is 8.25. The van der Waals surface area contributed by atoms with Crippen molar-refractivity contribution in [2.75, 3.05) is 12.4 Å². The van der Waals surface area contributed by atoms with Crippen LogP contribution in [0.4, 0.5) is 14.6 Å². The zero-order valence-corrected chi connectivity index (χ0v) is 15.6. The molecule has 3 aromatic heterocycles. The number of alkyl halides is 2. The molecule has 0 atom stereocenters. The third-order valence-corrected chi connectivity index (χ3v) is 4.10. The van der Waals surface area contributed by atoms with Crippen LogP contribution in [0.3, 0.4) is 0 Å². The summed E-state index contributed by atoms with van der Waals surface area (Å²) in [5, 5.41) is 7.50. The molecule has 1 N–H and O–H groups in total. The van der Waals surface area contributed by atoms with E-state index in [-0.39, 0.29) is 17.5 Å². The monoisotopic (exact) mass is 425 g/mol. The van der Waals surface area contributed by atoms with E-state index in [4.69, 9.17) is 4.74 Å². The van der Waals surface area contributed by atoms with Crippen LogP contribution in [0.5, 0.6) is 5.75 Å². The number of rotatable bonds is 4. The summed E-state index contributed by atoms with van der Waals surface area (Å²) < 4.78 is 34.5. The second-order valence-electron chi connectivity index (χ2n) is 5.61. The van der Waals surface area contributed by atoms with Crippen molar-refractivity contribution in [1.82, 2.24) is 19.7 Å². The topological polar surface area (TPSA) is 81.9 Å². The first kappa shape index (κ1) is 18.2. The lowest BCUT2D eigenvalue weighted by Gasteiger charge is -2.13. The van der Waals surface area contributed by atoms with Crippen molar-refractivity contribution in [1.29, 1.82) is 0 Å². The Morgan fingerprint density at radius 2 is 2.08 bits per heavy atom. The highest BCUT2D eigenvalue weighted by molar-refractivity contribution is 9.10. The van der Waals surface area contributed by atoms with E-state index >= 15 is 0 Å². The van der Waals surface area contributed by atoms with Gasteiger partial charge in [0.1, 0.15) is 21.9 Å². The molecule has 26 heavy (non-hydrogen) atoms. The number of hydrogen-bond acceptors (Lipinski definition) is 5. The number of pyridine rings is 2. The highest BCUT2D eigenvalue weighted by Gasteiger charge is 2.28. The number of methoxy groups -OCH3 is 1. The predicted octanol–water partition coefficient (Wildman–Crippen LogP) is 3.66. The van der Waals surface area contributed by atoms with Crippen LogP contribution in [0.25, 0.3) is 16.7 Å². The van der Waals surface area contributed by atoms with Gasteiger partial charge >= 0.3 is 0 Å². The summed E-state index contributed by atoms with van der Waals surface area (Å²) in [6.07, 6.45) is 1.52. The Morgan fingerprint density at radius 3 is 2.69 bits per heavy atom. The minimum Gasteiger partial charge on any atom is -0.497 e. The molecule has 10 heteroatoms. The minimum absolute atomic E-state index is 0.150. The number of ether oxygens (including phenoxy) is 1. The quantitative estimate of drug-likeness (QED) is 0.689. The maximum atomic E-state index is 13.8. The molecule has 0 aliphatic heterocycles. The van der Waals surface area contributed by atoms with Crippen LogP contribution in [0, 0.1) is 0 Å². The fraction of sp³-hybridized carbons (Fsp3) is 0.250. The molecule has 0 radical (unpaired) electrons. The van der Waals surface area contributed by atoms with E-state index < -0.39 is 11.6 Å². The van der Waals surface area contributed by atoms with Gasteiger partial charge in [-0.05, 0) is 15.9 Å². The fourth-order valence-corrected chi connectivity index (χ4v) is 2.80. The van der Waals surface area contributed by atoms with Gasteiger partial charge in [0.15, 0.2) is 5.82 Å². The molecular formula is C16H14BrF2N5O2. The van der Waals surface area contributed by atoms with Crippen molar-refractivity contribution >= 4 is 38.6 Å². The highest BCUT2D eigenvalue weighted by atomic mass is 79.9. The van der Waals surface area contributed by atoms with E-state index in [2.05, 4.69) is 36.3 Å². The molecule has 0 aliphatic rings. The Kier molecular flexibility index (Phi) is 4.61. The van der Waals surface area contributed by atoms with Gasteiger partial charge in [-0.25, -0.2) is 14.6 Å². The summed E-state index contributed by atoms with van der Waals surface area (Å²) in [7, 11) is 1.38. The lowest BCUT2D eigenvalue weighted by atomic mass is 10.2. The van der Waals surface area contributed by atoms with Crippen molar-refractivity contribution in [3.63, 3.8) is 0 Å². The van der Waals surface area contributed by atoms with Crippen LogP contribution in [0.1, 0.15) is 19.5 Å². The third kappa shape index (κ3) is 3.50. The lowest BCUT2D eigenvalue weighted by Crippen LogP contribution is -2.13. The molecule has 0 unspecified atom stereocenters. The second kappa shape index (κ2) is 6.60. The molecule has 0 saturated heterocycles. The Bertz CT molecular complexity index is 1000. The van der Waals surface area contributed by atoms with E-state index in [0.29, 0.717) is 21.3 Å². The Hall–Kier alpha value is -2.62. The first-order chi connectivity index (χ1) is 12.2. The first-order valence-electron chi connectivity index (χ1n) is 7.45. The predicted molar refractivity (Wildman–Crippen MR) is 94.8 cm³/mol. The van der Waals surface area contributed by atoms with Gasteiger partial charge in [0.25, 0.3) is 5.92 Å². The van der Waals surface area contributed by atoms with Crippen molar-refractivity contribution in [3.8, 4) is 11.6 Å². The van der Waals surface area contributed by atoms with Crippen LogP contribution < -0.4 is 10.1 Å². The molecule has 0 bridgehead atoms. The normalized spacial score (nSPS) is 11.6. The minimum atomic E-state index is -3.15. The largest absolute Gasteiger partial charge is 0.497 e. The zero-order valence-electron chi connectivity index (χ0n) is 14.0. The number of carbonyl (C=O) groups is 1. The van der Waals surface area contributed by atoms with Crippen LogP contribution in [-0.2, 0) is 10.7 Å². The SMILES string of the molecule is COc1cc(-n2nc(Br)c3cnc(NC(C)=O)cc32)nc(C(C)(F)F)c1. The Balaban J connectivity index is 2.23. The summed E-state index contributed by atoms with van der Waals surface area (Å²) in [6, 6.07) is 4.25. The summed E-state index contributed by atoms with van der Waals surface area (Å²) in [6.45, 7) is 2.12. The van der Waals surface area contributed by atoms with E-state index in [1.165, 1.54) is 37.0 Å². The summed E-state index contributed by atoms with van der Waals surface area (Å²) in [5.74, 6) is -2.75. The molecule has 1 amide bonds. The second-order valence-corrected chi connectivity index (χ2v) is 6.36. The molecular weight excluding hydrogens is 412 g/mol. The van der Waals surface area contributed by atoms with Crippen LogP contribution in [0.15, 0.2) is 29.0 Å². The number of carbonyl (C=O) groups excluding carboxylic acids is 1. The van der Waals surface area contributed by atoms with Crippen LogP contribution in [-0.4, -0.2) is 32.8 Å². The number of nitrogens with zero attached hydrogens (tertiary/aromatic N) is 4. The number of amides is 1. The average molecular weight is 426 g/mol. The molecule has 3 aromatic rings. The Morgan fingerprint density at radius 1 is 1.35 bits per heavy atom. The van der Waals surface area contributed by atoms with Gasteiger partial charge < -0.3 is 10.1 Å². The fourth-order valence-electron chi connectivity index (χ4n) is 2.34. The molecule has 0 spiro atoms. The Labute approximate surface area is 155 Å². The molecule has 0 aromatic carbocycles. The van der Waals surface area contributed by atoms with E-state index in [1.54, 1.807) is 6.07 Å². The maximum Gasteiger partial charge on any atom is 0.287 e. The highest BCUT2D eigenvalue weighted by Crippen LogP contribution is 2.32. The van der Waals surface area contributed by atoms with Crippen molar-refractivity contribution in [3.05, 3.63) is 34.7 Å². The van der Waals surface area contributed by atoms with Gasteiger partial charge in [-0.1, -0.05) is 0 Å². The van der Waals surface area contributed by atoms with Gasteiger partial charge in [0.2, 0.25) is 5.91 Å². The number of hydrogen-bond donors (Lipinski definition) is 1. The number of fused-ring (bicyclic) bond motifs is 1. The van der Waals surface area contributed by atoms with Gasteiger partial charge in [-0.2, -0.15) is 13.9 Å². The van der Waals surface area contributed by atoms with Gasteiger partial charge in [0.05, 0.1) is 18.0 Å².